The molecule has 0 aliphatic carbocycles. The lowest BCUT2D eigenvalue weighted by Gasteiger charge is -2.33. The second kappa shape index (κ2) is 6.20. The smallest absolute Gasteiger partial charge is 0.233 e. The first-order valence-corrected chi connectivity index (χ1v) is 7.36. The standard InChI is InChI=1S/C14H25N3O3/c1-4-13(3,10-15)12-16-11(17-20-12)14(19-5-2)6-8-18-9-7-14/h4-10,15H2,1-3H3. The number of ether oxygens (including phenoxy) is 2. The molecule has 1 aliphatic rings. The summed E-state index contributed by atoms with van der Waals surface area (Å²) in [5, 5.41) is 4.17. The second-order valence-corrected chi connectivity index (χ2v) is 5.58. The highest BCUT2D eigenvalue weighted by Gasteiger charge is 2.41. The maximum Gasteiger partial charge on any atom is 0.233 e. The molecule has 1 fully saturated rings. The monoisotopic (exact) mass is 283 g/mol. The van der Waals surface area contributed by atoms with Gasteiger partial charge in [-0.25, -0.2) is 0 Å². The van der Waals surface area contributed by atoms with Crippen molar-refractivity contribution < 1.29 is 14.0 Å². The van der Waals surface area contributed by atoms with Gasteiger partial charge in [-0.2, -0.15) is 4.98 Å². The molecular formula is C14H25N3O3. The van der Waals surface area contributed by atoms with E-state index in [1.54, 1.807) is 0 Å². The molecule has 114 valence electrons. The van der Waals surface area contributed by atoms with Crippen LogP contribution in [0.1, 0.15) is 51.7 Å². The number of aromatic nitrogens is 2. The number of rotatable bonds is 6. The predicted octanol–water partition coefficient (Wildman–Crippen LogP) is 1.74. The van der Waals surface area contributed by atoms with E-state index in [0.717, 1.165) is 19.3 Å². The molecule has 0 amide bonds. The Morgan fingerprint density at radius 3 is 2.60 bits per heavy atom. The van der Waals surface area contributed by atoms with Crippen LogP contribution in [-0.2, 0) is 20.5 Å². The molecule has 1 aliphatic heterocycles. The average molecular weight is 283 g/mol. The van der Waals surface area contributed by atoms with Gasteiger partial charge in [0, 0.05) is 39.2 Å². The fraction of sp³-hybridized carbons (Fsp3) is 0.857. The zero-order valence-electron chi connectivity index (χ0n) is 12.6. The van der Waals surface area contributed by atoms with Gasteiger partial charge in [-0.15, -0.1) is 0 Å². The van der Waals surface area contributed by atoms with Crippen molar-refractivity contribution in [2.75, 3.05) is 26.4 Å². The molecule has 20 heavy (non-hydrogen) atoms. The van der Waals surface area contributed by atoms with E-state index in [4.69, 9.17) is 19.7 Å². The molecule has 6 nitrogen and oxygen atoms in total. The molecule has 0 spiro atoms. The molecule has 0 radical (unpaired) electrons. The third-order valence-corrected chi connectivity index (χ3v) is 4.30. The van der Waals surface area contributed by atoms with Crippen LogP contribution in [0.5, 0.6) is 0 Å². The molecule has 0 aromatic carbocycles. The number of nitrogens with zero attached hydrogens (tertiary/aromatic N) is 2. The molecule has 1 saturated heterocycles. The summed E-state index contributed by atoms with van der Waals surface area (Å²) in [4.78, 5) is 4.60. The highest BCUT2D eigenvalue weighted by Crippen LogP contribution is 2.35. The summed E-state index contributed by atoms with van der Waals surface area (Å²) in [7, 11) is 0. The van der Waals surface area contributed by atoms with Crippen molar-refractivity contribution in [2.24, 2.45) is 5.73 Å². The second-order valence-electron chi connectivity index (χ2n) is 5.58. The first-order valence-electron chi connectivity index (χ1n) is 7.36. The van der Waals surface area contributed by atoms with Crippen molar-refractivity contribution in [1.82, 2.24) is 10.1 Å². The van der Waals surface area contributed by atoms with Crippen LogP contribution in [-0.4, -0.2) is 36.5 Å². The van der Waals surface area contributed by atoms with Crippen LogP contribution in [0.4, 0.5) is 0 Å². The number of hydrogen-bond acceptors (Lipinski definition) is 6. The molecule has 6 heteroatoms. The first kappa shape index (κ1) is 15.4. The van der Waals surface area contributed by atoms with Crippen molar-refractivity contribution in [3.05, 3.63) is 11.7 Å². The van der Waals surface area contributed by atoms with Gasteiger partial charge in [-0.1, -0.05) is 12.1 Å². The third kappa shape index (κ3) is 2.73. The van der Waals surface area contributed by atoms with E-state index in [1.807, 2.05) is 13.8 Å². The van der Waals surface area contributed by atoms with Gasteiger partial charge in [0.25, 0.3) is 0 Å². The van der Waals surface area contributed by atoms with Gasteiger partial charge in [0.1, 0.15) is 5.60 Å². The lowest BCUT2D eigenvalue weighted by atomic mass is 9.87. The van der Waals surface area contributed by atoms with E-state index in [1.165, 1.54) is 0 Å². The van der Waals surface area contributed by atoms with Crippen LogP contribution in [0.25, 0.3) is 0 Å². The maximum absolute atomic E-state index is 5.95. The molecule has 1 aromatic rings. The largest absolute Gasteiger partial charge is 0.381 e. The molecule has 2 N–H and O–H groups in total. The Labute approximate surface area is 120 Å². The van der Waals surface area contributed by atoms with Gasteiger partial charge < -0.3 is 19.7 Å². The Morgan fingerprint density at radius 2 is 2.05 bits per heavy atom. The van der Waals surface area contributed by atoms with Gasteiger partial charge in [0.2, 0.25) is 11.7 Å². The Morgan fingerprint density at radius 1 is 1.35 bits per heavy atom. The first-order chi connectivity index (χ1) is 9.60. The summed E-state index contributed by atoms with van der Waals surface area (Å²) in [6.45, 7) is 8.51. The Bertz CT molecular complexity index is 418. The topological polar surface area (TPSA) is 83.4 Å². The predicted molar refractivity (Wildman–Crippen MR) is 74.4 cm³/mol. The normalized spacial score (nSPS) is 21.6. The summed E-state index contributed by atoms with van der Waals surface area (Å²) < 4.78 is 16.9. The number of nitrogens with two attached hydrogens (primary N) is 1. The molecule has 1 unspecified atom stereocenters. The van der Waals surface area contributed by atoms with Crippen LogP contribution in [0.3, 0.4) is 0 Å². The zero-order chi connectivity index (χ0) is 14.6. The van der Waals surface area contributed by atoms with E-state index in [-0.39, 0.29) is 5.41 Å². The summed E-state index contributed by atoms with van der Waals surface area (Å²) in [5.41, 5.74) is 5.10. The number of hydrogen-bond donors (Lipinski definition) is 1. The summed E-state index contributed by atoms with van der Waals surface area (Å²) in [6, 6.07) is 0. The molecule has 2 heterocycles. The minimum Gasteiger partial charge on any atom is -0.381 e. The van der Waals surface area contributed by atoms with E-state index in [0.29, 0.717) is 38.1 Å². The average Bonchev–Trinajstić information content (AvgIpc) is 2.99. The maximum atomic E-state index is 5.95. The van der Waals surface area contributed by atoms with E-state index >= 15 is 0 Å². The van der Waals surface area contributed by atoms with Crippen molar-refractivity contribution in [2.45, 2.75) is 51.0 Å². The highest BCUT2D eigenvalue weighted by molar-refractivity contribution is 5.09. The van der Waals surface area contributed by atoms with Gasteiger partial charge in [-0.3, -0.25) is 0 Å². The van der Waals surface area contributed by atoms with Crippen LogP contribution in [0.15, 0.2) is 4.52 Å². The molecule has 1 aromatic heterocycles. The molecule has 2 rings (SSSR count). The fourth-order valence-corrected chi connectivity index (χ4v) is 2.45. The minimum atomic E-state index is -0.474. The zero-order valence-corrected chi connectivity index (χ0v) is 12.6. The van der Waals surface area contributed by atoms with E-state index in [2.05, 4.69) is 17.1 Å². The van der Waals surface area contributed by atoms with Crippen LogP contribution < -0.4 is 5.73 Å². The van der Waals surface area contributed by atoms with Crippen LogP contribution in [0.2, 0.25) is 0 Å². The Kier molecular flexibility index (Phi) is 4.78. The Hall–Kier alpha value is -0.980. The quantitative estimate of drug-likeness (QED) is 0.856. The molecular weight excluding hydrogens is 258 g/mol. The fourth-order valence-electron chi connectivity index (χ4n) is 2.45. The summed E-state index contributed by atoms with van der Waals surface area (Å²) in [6.07, 6.45) is 2.37. The van der Waals surface area contributed by atoms with Crippen molar-refractivity contribution in [3.8, 4) is 0 Å². The lowest BCUT2D eigenvalue weighted by Crippen LogP contribution is -2.38. The SMILES string of the molecule is CCOC1(c2noc(C(C)(CC)CN)n2)CCOCC1. The van der Waals surface area contributed by atoms with Crippen LogP contribution >= 0.6 is 0 Å². The molecule has 0 saturated carbocycles. The van der Waals surface area contributed by atoms with Crippen LogP contribution in [0, 0.1) is 0 Å². The van der Waals surface area contributed by atoms with Crippen molar-refractivity contribution >= 4 is 0 Å². The van der Waals surface area contributed by atoms with Gasteiger partial charge in [-0.05, 0) is 20.3 Å². The minimum absolute atomic E-state index is 0.274. The van der Waals surface area contributed by atoms with Gasteiger partial charge in [0.05, 0.1) is 5.41 Å². The summed E-state index contributed by atoms with van der Waals surface area (Å²) in [5.74, 6) is 1.23. The molecule has 0 bridgehead atoms. The Balaban J connectivity index is 2.29. The summed E-state index contributed by atoms with van der Waals surface area (Å²) >= 11 is 0. The van der Waals surface area contributed by atoms with E-state index < -0.39 is 5.60 Å². The van der Waals surface area contributed by atoms with E-state index in [9.17, 15) is 0 Å². The van der Waals surface area contributed by atoms with Gasteiger partial charge in [0.15, 0.2) is 0 Å². The lowest BCUT2D eigenvalue weighted by molar-refractivity contribution is -0.118. The molecule has 1 atom stereocenters. The van der Waals surface area contributed by atoms with Crippen molar-refractivity contribution in [3.63, 3.8) is 0 Å². The third-order valence-electron chi connectivity index (χ3n) is 4.30. The van der Waals surface area contributed by atoms with Crippen molar-refractivity contribution in [1.29, 1.82) is 0 Å². The highest BCUT2D eigenvalue weighted by atomic mass is 16.5. The van der Waals surface area contributed by atoms with Gasteiger partial charge >= 0.3 is 0 Å².